The molecule has 1 aliphatic rings. The number of aryl methyl sites for hydroxylation is 1. The number of benzene rings is 1. The number of nitrogens with zero attached hydrogens (tertiary/aromatic N) is 1. The van der Waals surface area contributed by atoms with Crippen molar-refractivity contribution in [3.8, 4) is 0 Å². The predicted molar refractivity (Wildman–Crippen MR) is 96.6 cm³/mol. The molecule has 0 aliphatic carbocycles. The number of pyridine rings is 1. The molecule has 1 N–H and O–H groups in total. The van der Waals surface area contributed by atoms with Gasteiger partial charge in [-0.15, -0.1) is 0 Å². The lowest BCUT2D eigenvalue weighted by atomic mass is 10.1. The molecule has 1 aromatic carbocycles. The number of nitrogens with one attached hydrogen (secondary N) is 1. The fraction of sp³-hybridized carbons (Fsp3) is 0.350. The van der Waals surface area contributed by atoms with E-state index in [0.29, 0.717) is 19.8 Å². The van der Waals surface area contributed by atoms with Crippen LogP contribution in [0.2, 0.25) is 0 Å². The number of H-pyrrole nitrogens is 1. The Morgan fingerprint density at radius 1 is 1.24 bits per heavy atom. The number of hydrogen-bond acceptors (Lipinski definition) is 4. The number of aromatic nitrogens is 1. The molecule has 1 fully saturated rings. The van der Waals surface area contributed by atoms with Gasteiger partial charge in [0.2, 0.25) is 0 Å². The SMILES string of the molecule is CCc1ccc([C@H]2COCCN2Cc2cc3ccccc3[nH]c2=O)o1. The monoisotopic (exact) mass is 338 g/mol. The molecule has 1 saturated heterocycles. The number of furan rings is 1. The van der Waals surface area contributed by atoms with Gasteiger partial charge in [0.25, 0.3) is 5.56 Å². The molecule has 25 heavy (non-hydrogen) atoms. The van der Waals surface area contributed by atoms with Gasteiger partial charge in [0.05, 0.1) is 19.3 Å². The van der Waals surface area contributed by atoms with E-state index >= 15 is 0 Å². The predicted octanol–water partition coefficient (Wildman–Crippen LogP) is 3.26. The second-order valence-corrected chi connectivity index (χ2v) is 6.43. The van der Waals surface area contributed by atoms with E-state index in [4.69, 9.17) is 9.15 Å². The largest absolute Gasteiger partial charge is 0.464 e. The lowest BCUT2D eigenvalue weighted by molar-refractivity contribution is -0.0207. The molecule has 0 unspecified atom stereocenters. The Morgan fingerprint density at radius 3 is 2.96 bits per heavy atom. The molecule has 4 rings (SSSR count). The highest BCUT2D eigenvalue weighted by atomic mass is 16.5. The van der Waals surface area contributed by atoms with Crippen molar-refractivity contribution in [3.63, 3.8) is 0 Å². The van der Waals surface area contributed by atoms with Crippen LogP contribution in [-0.2, 0) is 17.7 Å². The Balaban J connectivity index is 1.63. The maximum absolute atomic E-state index is 12.5. The van der Waals surface area contributed by atoms with Crippen molar-refractivity contribution in [3.05, 3.63) is 69.9 Å². The summed E-state index contributed by atoms with van der Waals surface area (Å²) < 4.78 is 11.6. The van der Waals surface area contributed by atoms with Crippen LogP contribution in [0.1, 0.15) is 30.0 Å². The summed E-state index contributed by atoms with van der Waals surface area (Å²) in [5, 5.41) is 1.05. The van der Waals surface area contributed by atoms with Gasteiger partial charge in [-0.05, 0) is 29.7 Å². The van der Waals surface area contributed by atoms with Crippen LogP contribution in [0.5, 0.6) is 0 Å². The Morgan fingerprint density at radius 2 is 2.12 bits per heavy atom. The first-order valence-electron chi connectivity index (χ1n) is 8.76. The number of fused-ring (bicyclic) bond motifs is 1. The lowest BCUT2D eigenvalue weighted by Crippen LogP contribution is -2.40. The maximum Gasteiger partial charge on any atom is 0.252 e. The Hall–Kier alpha value is -2.37. The first-order valence-corrected chi connectivity index (χ1v) is 8.76. The molecule has 0 radical (unpaired) electrons. The molecule has 3 heterocycles. The number of morpholine rings is 1. The third-order valence-electron chi connectivity index (χ3n) is 4.80. The van der Waals surface area contributed by atoms with E-state index in [-0.39, 0.29) is 11.6 Å². The number of para-hydroxylation sites is 1. The third-order valence-corrected chi connectivity index (χ3v) is 4.80. The van der Waals surface area contributed by atoms with Crippen LogP contribution in [0.15, 0.2) is 51.7 Å². The number of rotatable bonds is 4. The molecule has 5 heteroatoms. The van der Waals surface area contributed by atoms with Crippen molar-refractivity contribution in [2.75, 3.05) is 19.8 Å². The number of aromatic amines is 1. The second-order valence-electron chi connectivity index (χ2n) is 6.43. The smallest absolute Gasteiger partial charge is 0.252 e. The summed E-state index contributed by atoms with van der Waals surface area (Å²) in [6, 6.07) is 13.9. The summed E-state index contributed by atoms with van der Waals surface area (Å²) in [7, 11) is 0. The molecular weight excluding hydrogens is 316 g/mol. The van der Waals surface area contributed by atoms with Gasteiger partial charge in [-0.3, -0.25) is 9.69 Å². The van der Waals surface area contributed by atoms with Gasteiger partial charge in [0.15, 0.2) is 0 Å². The van der Waals surface area contributed by atoms with Crippen molar-refractivity contribution in [1.29, 1.82) is 0 Å². The topological polar surface area (TPSA) is 58.5 Å². The van der Waals surface area contributed by atoms with Crippen molar-refractivity contribution in [2.24, 2.45) is 0 Å². The highest BCUT2D eigenvalue weighted by Gasteiger charge is 2.28. The molecule has 1 atom stereocenters. The quantitative estimate of drug-likeness (QED) is 0.793. The molecule has 0 amide bonds. The average molecular weight is 338 g/mol. The minimum Gasteiger partial charge on any atom is -0.464 e. The summed E-state index contributed by atoms with van der Waals surface area (Å²) in [4.78, 5) is 17.7. The first-order chi connectivity index (χ1) is 12.2. The standard InChI is InChI=1S/C20H22N2O3/c1-2-16-7-8-19(25-16)18-13-24-10-9-22(18)12-15-11-14-5-3-4-6-17(14)21-20(15)23/h3-8,11,18H,2,9-10,12-13H2,1H3,(H,21,23)/t18-/m1/s1. The molecule has 0 spiro atoms. The van der Waals surface area contributed by atoms with Gasteiger partial charge in [0, 0.05) is 30.6 Å². The van der Waals surface area contributed by atoms with Gasteiger partial charge in [0.1, 0.15) is 11.5 Å². The minimum absolute atomic E-state index is 0.0300. The van der Waals surface area contributed by atoms with Crippen LogP contribution < -0.4 is 5.56 Å². The minimum atomic E-state index is -0.0300. The molecular formula is C20H22N2O3. The summed E-state index contributed by atoms with van der Waals surface area (Å²) >= 11 is 0. The van der Waals surface area contributed by atoms with Gasteiger partial charge in [-0.1, -0.05) is 25.1 Å². The van der Waals surface area contributed by atoms with Gasteiger partial charge in [-0.25, -0.2) is 0 Å². The van der Waals surface area contributed by atoms with Crippen molar-refractivity contribution >= 4 is 10.9 Å². The van der Waals surface area contributed by atoms with Gasteiger partial charge >= 0.3 is 0 Å². The van der Waals surface area contributed by atoms with E-state index in [1.54, 1.807) is 0 Å². The Kier molecular flexibility index (Phi) is 4.42. The van der Waals surface area contributed by atoms with Crippen LogP contribution in [0.25, 0.3) is 10.9 Å². The van der Waals surface area contributed by atoms with Crippen LogP contribution >= 0.6 is 0 Å². The Labute approximate surface area is 146 Å². The van der Waals surface area contributed by atoms with Crippen molar-refractivity contribution in [1.82, 2.24) is 9.88 Å². The molecule has 1 aliphatic heterocycles. The summed E-state index contributed by atoms with van der Waals surface area (Å²) in [6.07, 6.45) is 0.873. The first kappa shape index (κ1) is 16.1. The second kappa shape index (κ2) is 6.86. The normalized spacial score (nSPS) is 18.7. The summed E-state index contributed by atoms with van der Waals surface area (Å²) in [5.41, 5.74) is 1.61. The zero-order valence-corrected chi connectivity index (χ0v) is 14.3. The van der Waals surface area contributed by atoms with E-state index in [0.717, 1.165) is 41.0 Å². The molecule has 130 valence electrons. The van der Waals surface area contributed by atoms with E-state index in [9.17, 15) is 4.79 Å². The van der Waals surface area contributed by atoms with Crippen LogP contribution in [-0.4, -0.2) is 29.6 Å². The average Bonchev–Trinajstić information content (AvgIpc) is 3.12. The van der Waals surface area contributed by atoms with Crippen molar-refractivity contribution < 1.29 is 9.15 Å². The highest BCUT2D eigenvalue weighted by molar-refractivity contribution is 5.78. The molecule has 3 aromatic rings. The van der Waals surface area contributed by atoms with Crippen LogP contribution in [0.4, 0.5) is 0 Å². The van der Waals surface area contributed by atoms with Crippen molar-refractivity contribution in [2.45, 2.75) is 25.9 Å². The zero-order valence-electron chi connectivity index (χ0n) is 14.3. The fourth-order valence-corrected chi connectivity index (χ4v) is 3.38. The van der Waals surface area contributed by atoms with Crippen LogP contribution in [0.3, 0.4) is 0 Å². The lowest BCUT2D eigenvalue weighted by Gasteiger charge is -2.34. The molecule has 0 bridgehead atoms. The van der Waals surface area contributed by atoms with Gasteiger partial charge < -0.3 is 14.1 Å². The van der Waals surface area contributed by atoms with E-state index in [1.165, 1.54) is 0 Å². The fourth-order valence-electron chi connectivity index (χ4n) is 3.38. The molecule has 2 aromatic heterocycles. The Bertz CT molecular complexity index is 928. The highest BCUT2D eigenvalue weighted by Crippen LogP contribution is 2.27. The molecule has 5 nitrogen and oxygen atoms in total. The summed E-state index contributed by atoms with van der Waals surface area (Å²) in [6.45, 7) is 4.69. The zero-order chi connectivity index (χ0) is 17.2. The number of hydrogen-bond donors (Lipinski definition) is 1. The third kappa shape index (κ3) is 3.25. The van der Waals surface area contributed by atoms with Gasteiger partial charge in [-0.2, -0.15) is 0 Å². The van der Waals surface area contributed by atoms with E-state index < -0.39 is 0 Å². The van der Waals surface area contributed by atoms with E-state index in [1.807, 2.05) is 42.5 Å². The number of ether oxygens (including phenoxy) is 1. The maximum atomic E-state index is 12.5. The summed E-state index contributed by atoms with van der Waals surface area (Å²) in [5.74, 6) is 1.89. The van der Waals surface area contributed by atoms with Crippen LogP contribution in [0, 0.1) is 0 Å². The van der Waals surface area contributed by atoms with E-state index in [2.05, 4.69) is 16.8 Å². The molecule has 0 saturated carbocycles.